The summed E-state index contributed by atoms with van der Waals surface area (Å²) in [5.41, 5.74) is 0.884. The lowest BCUT2D eigenvalue weighted by atomic mass is 9.78. The molecule has 2 atom stereocenters. The maximum atomic E-state index is 13.2. The van der Waals surface area contributed by atoms with Crippen molar-refractivity contribution in [1.82, 2.24) is 15.1 Å². The Balaban J connectivity index is 1.40. The molecule has 4 rings (SSSR count). The van der Waals surface area contributed by atoms with Crippen LogP contribution in [-0.2, 0) is 0 Å². The lowest BCUT2D eigenvalue weighted by Crippen LogP contribution is -2.49. The number of amides is 3. The average Bonchev–Trinajstić information content (AvgIpc) is 3.22. The second-order valence-corrected chi connectivity index (χ2v) is 9.25. The van der Waals surface area contributed by atoms with Gasteiger partial charge >= 0.3 is 6.03 Å². The van der Waals surface area contributed by atoms with Crippen molar-refractivity contribution in [2.75, 3.05) is 26.7 Å². The molecule has 0 spiro atoms. The maximum absolute atomic E-state index is 13.2. The molecule has 3 fully saturated rings. The van der Waals surface area contributed by atoms with Crippen molar-refractivity contribution in [2.24, 2.45) is 5.92 Å². The number of nitrogens with one attached hydrogen (secondary N) is 1. The Hall–Kier alpha value is -1.56. The fourth-order valence-electron chi connectivity index (χ4n) is 5.25. The highest BCUT2D eigenvalue weighted by Crippen LogP contribution is 2.37. The molecule has 1 N–H and O–H groups in total. The molecule has 0 aromatic carbocycles. The van der Waals surface area contributed by atoms with Crippen molar-refractivity contribution < 1.29 is 9.59 Å². The van der Waals surface area contributed by atoms with Gasteiger partial charge in [0.1, 0.15) is 0 Å². The summed E-state index contributed by atoms with van der Waals surface area (Å²) in [6.45, 7) is 2.51. The van der Waals surface area contributed by atoms with Crippen LogP contribution in [-0.4, -0.2) is 54.5 Å². The molecule has 1 saturated carbocycles. The van der Waals surface area contributed by atoms with Crippen LogP contribution in [0, 0.1) is 5.92 Å². The van der Waals surface area contributed by atoms with E-state index in [4.69, 9.17) is 0 Å². The number of hydrogen-bond acceptors (Lipinski definition) is 3. The van der Waals surface area contributed by atoms with Crippen molar-refractivity contribution in [3.05, 3.63) is 21.9 Å². The first-order valence-electron chi connectivity index (χ1n) is 10.5. The minimum atomic E-state index is 0.0163. The molecule has 2 saturated heterocycles. The van der Waals surface area contributed by atoms with E-state index >= 15 is 0 Å². The molecule has 2 aliphatic heterocycles. The maximum Gasteiger partial charge on any atom is 0.317 e. The van der Waals surface area contributed by atoms with Crippen molar-refractivity contribution in [2.45, 2.75) is 63.3 Å². The van der Waals surface area contributed by atoms with Crippen LogP contribution in [0.3, 0.4) is 0 Å². The molecule has 27 heavy (non-hydrogen) atoms. The Bertz CT molecular complexity index is 679. The summed E-state index contributed by atoms with van der Waals surface area (Å²) in [7, 11) is 1.68. The van der Waals surface area contributed by atoms with E-state index in [1.807, 2.05) is 4.90 Å². The van der Waals surface area contributed by atoms with Gasteiger partial charge in [-0.25, -0.2) is 4.79 Å². The predicted octanol–water partition coefficient (Wildman–Crippen LogP) is 4.06. The van der Waals surface area contributed by atoms with Crippen LogP contribution in [0.5, 0.6) is 0 Å². The van der Waals surface area contributed by atoms with E-state index in [2.05, 4.69) is 21.7 Å². The third kappa shape index (κ3) is 3.86. The highest BCUT2D eigenvalue weighted by atomic mass is 32.1. The summed E-state index contributed by atoms with van der Waals surface area (Å²) in [6.07, 6.45) is 9.50. The summed E-state index contributed by atoms with van der Waals surface area (Å²) in [5.74, 6) is 1.45. The number of thiophene rings is 1. The number of fused-ring (bicyclic) bond motifs is 1. The molecule has 0 radical (unpaired) electrons. The van der Waals surface area contributed by atoms with Gasteiger partial charge in [0.2, 0.25) is 0 Å². The van der Waals surface area contributed by atoms with Crippen LogP contribution >= 0.6 is 11.3 Å². The number of rotatable bonds is 2. The Morgan fingerprint density at radius 2 is 1.78 bits per heavy atom. The smallest absolute Gasteiger partial charge is 0.317 e. The van der Waals surface area contributed by atoms with Gasteiger partial charge < -0.3 is 15.1 Å². The number of carbonyl (C=O) groups is 2. The van der Waals surface area contributed by atoms with Crippen LogP contribution in [0.15, 0.2) is 11.4 Å². The van der Waals surface area contributed by atoms with E-state index in [1.54, 1.807) is 18.4 Å². The van der Waals surface area contributed by atoms with Gasteiger partial charge in [-0.15, -0.1) is 11.3 Å². The minimum Gasteiger partial charge on any atom is -0.341 e. The first-order valence-corrected chi connectivity index (χ1v) is 11.4. The number of carbonyl (C=O) groups excluding carboxylic acids is 2. The van der Waals surface area contributed by atoms with Gasteiger partial charge in [0.25, 0.3) is 5.91 Å². The third-order valence-electron chi connectivity index (χ3n) is 6.77. The Labute approximate surface area is 166 Å². The second kappa shape index (κ2) is 8.21. The van der Waals surface area contributed by atoms with Gasteiger partial charge in [-0.3, -0.25) is 4.79 Å². The van der Waals surface area contributed by atoms with Gasteiger partial charge in [-0.1, -0.05) is 12.8 Å². The molecule has 6 heteroatoms. The van der Waals surface area contributed by atoms with Gasteiger partial charge in [-0.2, -0.15) is 0 Å². The van der Waals surface area contributed by atoms with E-state index in [1.165, 1.54) is 37.0 Å². The Kier molecular flexibility index (Phi) is 5.71. The van der Waals surface area contributed by atoms with E-state index in [0.717, 1.165) is 50.4 Å². The van der Waals surface area contributed by atoms with Crippen molar-refractivity contribution >= 4 is 23.3 Å². The molecular formula is C21H31N3O2S. The molecular weight excluding hydrogens is 358 g/mol. The molecule has 148 valence electrons. The van der Waals surface area contributed by atoms with Crippen molar-refractivity contribution in [3.8, 4) is 0 Å². The molecule has 3 heterocycles. The molecule has 1 aliphatic carbocycles. The van der Waals surface area contributed by atoms with Crippen LogP contribution < -0.4 is 5.32 Å². The highest BCUT2D eigenvalue weighted by molar-refractivity contribution is 7.10. The van der Waals surface area contributed by atoms with Gasteiger partial charge in [-0.05, 0) is 56.4 Å². The predicted molar refractivity (Wildman–Crippen MR) is 108 cm³/mol. The largest absolute Gasteiger partial charge is 0.341 e. The lowest BCUT2D eigenvalue weighted by molar-refractivity contribution is 0.0391. The fraction of sp³-hybridized carbons (Fsp3) is 0.714. The molecule has 1 aromatic heterocycles. The first-order chi connectivity index (χ1) is 13.2. The van der Waals surface area contributed by atoms with Crippen molar-refractivity contribution in [3.63, 3.8) is 0 Å². The molecule has 5 nitrogen and oxygen atoms in total. The van der Waals surface area contributed by atoms with E-state index < -0.39 is 0 Å². The molecule has 0 bridgehead atoms. The number of likely N-dealkylation sites (tertiary alicyclic amines) is 2. The summed E-state index contributed by atoms with van der Waals surface area (Å²) in [4.78, 5) is 30.3. The highest BCUT2D eigenvalue weighted by Gasteiger charge is 2.36. The zero-order valence-corrected chi connectivity index (χ0v) is 17.1. The second-order valence-electron chi connectivity index (χ2n) is 8.31. The van der Waals surface area contributed by atoms with Crippen LogP contribution in [0.1, 0.15) is 72.5 Å². The number of hydrogen-bond donors (Lipinski definition) is 1. The SMILES string of the molecule is CNC(=O)N1CCC(c2cc(C(=O)N3CCCC4CCCCC43)cs2)CC1. The summed E-state index contributed by atoms with van der Waals surface area (Å²) in [6, 6.07) is 2.63. The van der Waals surface area contributed by atoms with Crippen LogP contribution in [0.2, 0.25) is 0 Å². The van der Waals surface area contributed by atoms with Crippen LogP contribution in [0.25, 0.3) is 0 Å². The van der Waals surface area contributed by atoms with E-state index in [0.29, 0.717) is 12.0 Å². The topological polar surface area (TPSA) is 52.7 Å². The quantitative estimate of drug-likeness (QED) is 0.829. The Morgan fingerprint density at radius 3 is 2.56 bits per heavy atom. The molecule has 3 amide bonds. The van der Waals surface area contributed by atoms with Gasteiger partial charge in [0.05, 0.1) is 5.56 Å². The van der Waals surface area contributed by atoms with Crippen molar-refractivity contribution in [1.29, 1.82) is 0 Å². The minimum absolute atomic E-state index is 0.0163. The summed E-state index contributed by atoms with van der Waals surface area (Å²) >= 11 is 1.73. The lowest BCUT2D eigenvalue weighted by Gasteiger charge is -2.44. The molecule has 1 aromatic rings. The average molecular weight is 390 g/mol. The first kappa shape index (κ1) is 18.8. The third-order valence-corrected chi connectivity index (χ3v) is 7.86. The molecule has 2 unspecified atom stereocenters. The van der Waals surface area contributed by atoms with Gasteiger partial charge in [0.15, 0.2) is 0 Å². The summed E-state index contributed by atoms with van der Waals surface area (Å²) < 4.78 is 0. The standard InChI is InChI=1S/C21H31N3O2S/c1-22-21(26)23-11-8-16(9-12-23)19-13-17(14-27-19)20(25)24-10-4-6-15-5-2-3-7-18(15)24/h13-16,18H,2-12H2,1H3,(H,22,26). The molecule has 3 aliphatic rings. The van der Waals surface area contributed by atoms with E-state index in [9.17, 15) is 9.59 Å². The number of nitrogens with zero attached hydrogens (tertiary/aromatic N) is 2. The van der Waals surface area contributed by atoms with Crippen LogP contribution in [0.4, 0.5) is 4.79 Å². The summed E-state index contributed by atoms with van der Waals surface area (Å²) in [5, 5.41) is 4.77. The Morgan fingerprint density at radius 1 is 1.04 bits per heavy atom. The van der Waals surface area contributed by atoms with Gasteiger partial charge in [0, 0.05) is 43.0 Å². The van der Waals surface area contributed by atoms with E-state index in [-0.39, 0.29) is 11.9 Å². The number of urea groups is 1. The zero-order valence-electron chi connectivity index (χ0n) is 16.3. The normalized spacial score (nSPS) is 26.6. The number of piperidine rings is 2. The fourth-order valence-corrected chi connectivity index (χ4v) is 6.30. The zero-order chi connectivity index (χ0) is 18.8. The monoisotopic (exact) mass is 389 g/mol.